The van der Waals surface area contributed by atoms with Crippen LogP contribution in [0.2, 0.25) is 0 Å². The lowest BCUT2D eigenvalue weighted by atomic mass is 10.1. The van der Waals surface area contributed by atoms with E-state index in [1.165, 1.54) is 4.31 Å². The minimum absolute atomic E-state index is 0.00689. The van der Waals surface area contributed by atoms with Crippen LogP contribution in [-0.4, -0.2) is 69.2 Å². The summed E-state index contributed by atoms with van der Waals surface area (Å²) in [5.41, 5.74) is 0.163. The van der Waals surface area contributed by atoms with Gasteiger partial charge in [-0.05, 0) is 37.0 Å². The van der Waals surface area contributed by atoms with Gasteiger partial charge in [0.25, 0.3) is 5.91 Å². The Bertz CT molecular complexity index is 1310. The van der Waals surface area contributed by atoms with Crippen molar-refractivity contribution in [3.63, 3.8) is 0 Å². The highest BCUT2D eigenvalue weighted by Gasteiger charge is 2.42. The minimum Gasteiger partial charge on any atom is -0.486 e. The van der Waals surface area contributed by atoms with E-state index in [9.17, 15) is 26.4 Å². The molecular weight excluding hydrogens is 533 g/mol. The third kappa shape index (κ3) is 7.39. The first kappa shape index (κ1) is 28.6. The number of carbonyl (C=O) groups excluding carboxylic acids is 1. The molecular formula is C27H31F3N4O4S. The van der Waals surface area contributed by atoms with Crippen molar-refractivity contribution in [1.29, 1.82) is 5.41 Å². The summed E-state index contributed by atoms with van der Waals surface area (Å²) in [6, 6.07) is 11.4. The van der Waals surface area contributed by atoms with E-state index in [-0.39, 0.29) is 55.7 Å². The topological polar surface area (TPSA) is 103 Å². The molecule has 0 radical (unpaired) electrons. The molecule has 2 aliphatic rings. The predicted octanol–water partition coefficient (Wildman–Crippen LogP) is 4.07. The number of hydrogen-bond acceptors (Lipinski definition) is 6. The number of rotatable bonds is 12. The summed E-state index contributed by atoms with van der Waals surface area (Å²) in [6.45, 7) is 0.126. The van der Waals surface area contributed by atoms with Gasteiger partial charge in [0, 0.05) is 49.6 Å². The van der Waals surface area contributed by atoms with Gasteiger partial charge in [0.2, 0.25) is 15.8 Å². The quantitative estimate of drug-likeness (QED) is 0.230. The Morgan fingerprint density at radius 2 is 1.69 bits per heavy atom. The number of anilines is 1. The van der Waals surface area contributed by atoms with Crippen LogP contribution in [0.25, 0.3) is 0 Å². The maximum absolute atomic E-state index is 13.7. The number of amides is 1. The highest BCUT2D eigenvalue weighted by Crippen LogP contribution is 2.49. The van der Waals surface area contributed by atoms with Gasteiger partial charge in [0.15, 0.2) is 0 Å². The molecule has 2 aromatic carbocycles. The van der Waals surface area contributed by atoms with Crippen LogP contribution < -0.4 is 5.32 Å². The molecule has 1 saturated heterocycles. The number of ether oxygens (including phenoxy) is 1. The zero-order chi connectivity index (χ0) is 28.0. The molecule has 0 spiro atoms. The molecule has 2 N–H and O–H groups in total. The largest absolute Gasteiger partial charge is 0.486 e. The molecule has 4 rings (SSSR count). The molecule has 0 bridgehead atoms. The third-order valence-electron chi connectivity index (χ3n) is 6.98. The van der Waals surface area contributed by atoms with Gasteiger partial charge in [0.05, 0.1) is 19.0 Å². The van der Waals surface area contributed by atoms with E-state index in [4.69, 9.17) is 10.1 Å². The maximum Gasteiger partial charge on any atom is 0.293 e. The minimum atomic E-state index is -3.59. The Labute approximate surface area is 226 Å². The van der Waals surface area contributed by atoms with Crippen molar-refractivity contribution in [1.82, 2.24) is 9.21 Å². The van der Waals surface area contributed by atoms with Crippen LogP contribution in [0.15, 0.2) is 60.0 Å². The Morgan fingerprint density at radius 1 is 1.05 bits per heavy atom. The zero-order valence-electron chi connectivity index (χ0n) is 21.3. The monoisotopic (exact) mass is 564 g/mol. The average Bonchev–Trinajstić information content (AvgIpc) is 3.68. The lowest BCUT2D eigenvalue weighted by Gasteiger charge is -2.36. The lowest BCUT2D eigenvalue weighted by Crippen LogP contribution is -2.49. The lowest BCUT2D eigenvalue weighted by molar-refractivity contribution is -0.116. The molecule has 1 aliphatic carbocycles. The van der Waals surface area contributed by atoms with Gasteiger partial charge in [-0.15, -0.1) is 0 Å². The Kier molecular flexibility index (Phi) is 8.96. The summed E-state index contributed by atoms with van der Waals surface area (Å²) in [4.78, 5) is 14.9. The van der Waals surface area contributed by atoms with Crippen LogP contribution in [0.4, 0.5) is 18.9 Å². The fourth-order valence-electron chi connectivity index (χ4n) is 4.45. The number of hydrogen-bond donors (Lipinski definition) is 2. The zero-order valence-corrected chi connectivity index (χ0v) is 22.2. The molecule has 1 saturated carbocycles. The van der Waals surface area contributed by atoms with E-state index >= 15 is 0 Å². The molecule has 0 aromatic heterocycles. The van der Waals surface area contributed by atoms with Gasteiger partial charge in [-0.3, -0.25) is 9.18 Å². The molecule has 0 unspecified atom stereocenters. The number of benzene rings is 2. The Balaban J connectivity index is 1.50. The van der Waals surface area contributed by atoms with E-state index in [1.54, 1.807) is 29.2 Å². The number of halogens is 3. The number of alkyl halides is 1. The summed E-state index contributed by atoms with van der Waals surface area (Å²) in [6.07, 6.45) is 2.73. The summed E-state index contributed by atoms with van der Waals surface area (Å²) in [5.74, 6) is -2.99. The van der Waals surface area contributed by atoms with Crippen molar-refractivity contribution in [3.05, 3.63) is 77.2 Å². The van der Waals surface area contributed by atoms with Crippen LogP contribution in [0, 0.1) is 22.5 Å². The van der Waals surface area contributed by atoms with E-state index in [0.717, 1.165) is 31.2 Å². The van der Waals surface area contributed by atoms with E-state index < -0.39 is 39.7 Å². The molecule has 1 heterocycles. The number of carbonyl (C=O) groups is 1. The SMILES string of the molecule is N=CC(=C(OCCC1(CF)CC1)C(=O)Nc1cc(F)cc(F)c1)N1CCN(S(=O)(=O)Cc2ccccc2)CC1. The van der Waals surface area contributed by atoms with Crippen molar-refractivity contribution in [2.24, 2.45) is 5.41 Å². The van der Waals surface area contributed by atoms with Gasteiger partial charge >= 0.3 is 0 Å². The number of nitrogens with one attached hydrogen (secondary N) is 2. The summed E-state index contributed by atoms with van der Waals surface area (Å²) >= 11 is 0. The third-order valence-corrected chi connectivity index (χ3v) is 8.83. The van der Waals surface area contributed by atoms with Crippen molar-refractivity contribution >= 4 is 27.8 Å². The van der Waals surface area contributed by atoms with Crippen molar-refractivity contribution in [2.75, 3.05) is 44.8 Å². The first-order chi connectivity index (χ1) is 18.6. The number of nitrogens with zero attached hydrogens (tertiary/aromatic N) is 2. The van der Waals surface area contributed by atoms with E-state index in [1.807, 2.05) is 6.07 Å². The molecule has 210 valence electrons. The molecule has 8 nitrogen and oxygen atoms in total. The molecule has 2 fully saturated rings. The molecule has 1 aliphatic heterocycles. The first-order valence-electron chi connectivity index (χ1n) is 12.6. The Hall–Kier alpha value is -3.38. The molecule has 0 atom stereocenters. The highest BCUT2D eigenvalue weighted by atomic mass is 32.2. The molecule has 2 aromatic rings. The molecule has 39 heavy (non-hydrogen) atoms. The van der Waals surface area contributed by atoms with Crippen LogP contribution in [0.1, 0.15) is 24.8 Å². The average molecular weight is 565 g/mol. The van der Waals surface area contributed by atoms with Gasteiger partial charge in [0.1, 0.15) is 17.3 Å². The van der Waals surface area contributed by atoms with Gasteiger partial charge in [-0.2, -0.15) is 4.31 Å². The van der Waals surface area contributed by atoms with Gasteiger partial charge in [-0.1, -0.05) is 30.3 Å². The number of sulfonamides is 1. The predicted molar refractivity (Wildman–Crippen MR) is 141 cm³/mol. The van der Waals surface area contributed by atoms with Crippen LogP contribution in [-0.2, 0) is 25.3 Å². The molecule has 12 heteroatoms. The summed E-state index contributed by atoms with van der Waals surface area (Å²) in [5, 5.41) is 10.4. The highest BCUT2D eigenvalue weighted by molar-refractivity contribution is 7.88. The number of allylic oxidation sites excluding steroid dienone is 1. The fraction of sp³-hybridized carbons (Fsp3) is 0.407. The summed E-state index contributed by atoms with van der Waals surface area (Å²) in [7, 11) is -3.59. The van der Waals surface area contributed by atoms with Gasteiger partial charge < -0.3 is 20.4 Å². The second kappa shape index (κ2) is 12.2. The fourth-order valence-corrected chi connectivity index (χ4v) is 5.97. The van der Waals surface area contributed by atoms with Crippen LogP contribution in [0.3, 0.4) is 0 Å². The van der Waals surface area contributed by atoms with Crippen LogP contribution in [0.5, 0.6) is 0 Å². The Morgan fingerprint density at radius 3 is 2.26 bits per heavy atom. The second-order valence-electron chi connectivity index (χ2n) is 9.83. The number of piperazine rings is 1. The molecule has 1 amide bonds. The van der Waals surface area contributed by atoms with Crippen molar-refractivity contribution in [2.45, 2.75) is 25.0 Å². The van der Waals surface area contributed by atoms with Crippen molar-refractivity contribution in [3.8, 4) is 0 Å². The van der Waals surface area contributed by atoms with E-state index in [2.05, 4.69) is 5.32 Å². The van der Waals surface area contributed by atoms with E-state index in [0.29, 0.717) is 18.1 Å². The van der Waals surface area contributed by atoms with Gasteiger partial charge in [-0.25, -0.2) is 17.2 Å². The first-order valence-corrected chi connectivity index (χ1v) is 14.2. The standard InChI is InChI=1S/C27H31F3N4O4S/c28-19-27(6-7-27)8-13-38-25(26(35)32-23-15-21(29)14-22(30)16-23)24(17-31)33-9-11-34(12-10-33)39(36,37)18-20-4-2-1-3-5-20/h1-5,14-17,31H,6-13,18-19H2,(H,32,35). The second-order valence-corrected chi connectivity index (χ2v) is 11.8. The normalized spacial score (nSPS) is 17.8. The summed E-state index contributed by atoms with van der Waals surface area (Å²) < 4.78 is 73.7. The van der Waals surface area contributed by atoms with Crippen LogP contribution >= 0.6 is 0 Å². The maximum atomic E-state index is 13.7. The smallest absolute Gasteiger partial charge is 0.293 e. The van der Waals surface area contributed by atoms with Crippen molar-refractivity contribution < 1.29 is 31.1 Å².